The van der Waals surface area contributed by atoms with Gasteiger partial charge in [-0.05, 0) is 157 Å². The van der Waals surface area contributed by atoms with Crippen molar-refractivity contribution in [2.45, 2.75) is 308 Å². The number of unbranched alkanes of at least 4 members (excludes halogenated alkanes) is 22. The van der Waals surface area contributed by atoms with Crippen LogP contribution in [0.15, 0.2) is 60.8 Å². The van der Waals surface area contributed by atoms with Crippen LogP contribution >= 0.6 is 0 Å². The minimum atomic E-state index is -0.604. The molecule has 2 atom stereocenters. The second-order valence-electron chi connectivity index (χ2n) is 26.2. The molecule has 15 nitrogen and oxygen atoms in total. The van der Waals surface area contributed by atoms with Gasteiger partial charge in [-0.2, -0.15) is 0 Å². The first-order valence-electron chi connectivity index (χ1n) is 35.4. The molecule has 2 rings (SSSR count). The zero-order valence-corrected chi connectivity index (χ0v) is 57.2. The Balaban J connectivity index is 1.67. The number of ether oxygens (including phenoxy) is 5. The molecule has 1 saturated heterocycles. The average molecular weight is 1240 g/mol. The number of rotatable bonds is 58. The highest BCUT2D eigenvalue weighted by Gasteiger charge is 2.46. The van der Waals surface area contributed by atoms with Gasteiger partial charge < -0.3 is 44.5 Å². The summed E-state index contributed by atoms with van der Waals surface area (Å²) in [6, 6.07) is 0. The molecular formula is C73H129N5O10. The van der Waals surface area contributed by atoms with Crippen molar-refractivity contribution < 1.29 is 47.7 Å². The van der Waals surface area contributed by atoms with Crippen molar-refractivity contribution in [3.8, 4) is 0 Å². The van der Waals surface area contributed by atoms with E-state index in [0.29, 0.717) is 84.3 Å². The summed E-state index contributed by atoms with van der Waals surface area (Å²) >= 11 is 0. The van der Waals surface area contributed by atoms with Crippen LogP contribution in [0.5, 0.6) is 0 Å². The molecule has 0 aliphatic carbocycles. The van der Waals surface area contributed by atoms with Gasteiger partial charge in [-0.25, -0.2) is 4.79 Å². The Morgan fingerprint density at radius 1 is 0.523 bits per heavy atom. The molecule has 0 spiro atoms. The number of alkyl carbamates (subject to hydrolysis) is 1. The third-order valence-electron chi connectivity index (χ3n) is 16.5. The lowest BCUT2D eigenvalue weighted by Gasteiger charge is -2.30. The number of hydrogen-bond donors (Lipinski definition) is 3. The summed E-state index contributed by atoms with van der Waals surface area (Å²) in [7, 11) is 4.16. The molecule has 2 heterocycles. The van der Waals surface area contributed by atoms with Crippen molar-refractivity contribution >= 4 is 29.7 Å². The SMILES string of the molecule is CCCCCC=CCC=CCCCCCCCCC1(CCCCCCCCC=CCC=CCCCCC)OC(CCOC(=O)NCCCCCC(=O)NCCC(C)(C)OCCC(C)(C)OCCNC(=O)CCCCCN2C(=O)C=CC2=O)C(CN(C)C)O1. The first-order chi connectivity index (χ1) is 42.5. The summed E-state index contributed by atoms with van der Waals surface area (Å²) in [4.78, 5) is 64.5. The van der Waals surface area contributed by atoms with E-state index in [1.807, 2.05) is 27.7 Å². The second-order valence-corrected chi connectivity index (χ2v) is 26.2. The first-order valence-corrected chi connectivity index (χ1v) is 35.4. The van der Waals surface area contributed by atoms with Crippen molar-refractivity contribution in [1.82, 2.24) is 25.8 Å². The van der Waals surface area contributed by atoms with Gasteiger partial charge in [0.1, 0.15) is 0 Å². The molecule has 506 valence electrons. The maximum Gasteiger partial charge on any atom is 0.407 e. The van der Waals surface area contributed by atoms with Crippen LogP contribution in [0.1, 0.15) is 279 Å². The van der Waals surface area contributed by atoms with Crippen LogP contribution in [0.4, 0.5) is 4.79 Å². The van der Waals surface area contributed by atoms with E-state index >= 15 is 0 Å². The molecule has 5 amide bonds. The molecule has 0 radical (unpaired) electrons. The lowest BCUT2D eigenvalue weighted by molar-refractivity contribution is -0.188. The van der Waals surface area contributed by atoms with Crippen molar-refractivity contribution in [3.63, 3.8) is 0 Å². The molecule has 0 aromatic heterocycles. The smallest absolute Gasteiger partial charge is 0.407 e. The minimum Gasteiger partial charge on any atom is -0.449 e. The van der Waals surface area contributed by atoms with Crippen LogP contribution < -0.4 is 16.0 Å². The summed E-state index contributed by atoms with van der Waals surface area (Å²) < 4.78 is 32.0. The standard InChI is InChI=1S/C73H129N5O10/c1-9-11-13-15-17-19-21-23-25-27-29-31-33-35-37-43-52-73(53-44-38-36-34-32-30-28-26-24-22-20-18-16-14-12-10-2)87-64(65(88-73)63-77(7)8)51-60-84-70(83)76-56-45-39-41-47-66(79)74-57-54-71(3,4)85-61-55-72(5,6)86-62-58-75-67(80)48-42-40-46-59-78-68(81)49-50-69(78)82/h17-20,23-26,49-50,64-65H,9-16,21-22,27-48,51-63H2,1-8H3,(H,74,79)(H,75,80)(H,76,83). The van der Waals surface area contributed by atoms with Gasteiger partial charge >= 0.3 is 6.09 Å². The monoisotopic (exact) mass is 1240 g/mol. The average Bonchev–Trinajstić information content (AvgIpc) is 3.40. The van der Waals surface area contributed by atoms with Gasteiger partial charge in [-0.3, -0.25) is 24.1 Å². The van der Waals surface area contributed by atoms with Crippen LogP contribution in [0.2, 0.25) is 0 Å². The maximum absolute atomic E-state index is 12.8. The second kappa shape index (κ2) is 51.5. The minimum absolute atomic E-state index is 0.00761. The fraction of sp³-hybridized carbons (Fsp3) is 0.795. The maximum atomic E-state index is 12.8. The largest absolute Gasteiger partial charge is 0.449 e. The van der Waals surface area contributed by atoms with E-state index in [1.165, 1.54) is 145 Å². The molecule has 0 bridgehead atoms. The van der Waals surface area contributed by atoms with Gasteiger partial charge in [0.2, 0.25) is 11.8 Å². The molecule has 2 aliphatic heterocycles. The molecule has 0 saturated carbocycles. The molecule has 2 unspecified atom stereocenters. The molecule has 88 heavy (non-hydrogen) atoms. The molecule has 3 N–H and O–H groups in total. The third-order valence-corrected chi connectivity index (χ3v) is 16.5. The summed E-state index contributed by atoms with van der Waals surface area (Å²) in [5.74, 6) is -1.19. The van der Waals surface area contributed by atoms with E-state index in [-0.39, 0.29) is 42.4 Å². The Hall–Kier alpha value is -4.15. The Kier molecular flexibility index (Phi) is 46.8. The Labute approximate surface area is 536 Å². The van der Waals surface area contributed by atoms with Gasteiger partial charge in [0.25, 0.3) is 11.8 Å². The van der Waals surface area contributed by atoms with Gasteiger partial charge in [-0.1, -0.05) is 152 Å². The Morgan fingerprint density at radius 2 is 0.977 bits per heavy atom. The zero-order valence-electron chi connectivity index (χ0n) is 57.2. The van der Waals surface area contributed by atoms with E-state index in [1.54, 1.807) is 0 Å². The number of nitrogens with zero attached hydrogens (tertiary/aromatic N) is 2. The van der Waals surface area contributed by atoms with E-state index in [2.05, 4.69) is 97.4 Å². The molecule has 15 heteroatoms. The summed E-state index contributed by atoms with van der Waals surface area (Å²) in [5, 5.41) is 8.84. The number of hydrogen-bond acceptors (Lipinski definition) is 11. The fourth-order valence-corrected chi connectivity index (χ4v) is 11.0. The summed E-state index contributed by atoms with van der Waals surface area (Å²) in [6.07, 6.45) is 58.6. The highest BCUT2D eigenvalue weighted by Crippen LogP contribution is 2.39. The van der Waals surface area contributed by atoms with Crippen LogP contribution in [0.3, 0.4) is 0 Å². The van der Waals surface area contributed by atoms with Crippen molar-refractivity contribution in [2.24, 2.45) is 0 Å². The number of imide groups is 1. The van der Waals surface area contributed by atoms with E-state index in [4.69, 9.17) is 23.7 Å². The molecule has 0 aromatic carbocycles. The topological polar surface area (TPSA) is 174 Å². The number of nitrogens with one attached hydrogen (secondary N) is 3. The predicted octanol–water partition coefficient (Wildman–Crippen LogP) is 16.2. The highest BCUT2D eigenvalue weighted by atomic mass is 16.8. The number of carbonyl (C=O) groups is 5. The summed E-state index contributed by atoms with van der Waals surface area (Å²) in [5.41, 5.74) is -0.879. The molecule has 2 aliphatic rings. The van der Waals surface area contributed by atoms with E-state index in [0.717, 1.165) is 70.8 Å². The normalized spacial score (nSPS) is 17.4. The number of allylic oxidation sites excluding steroid dienone is 8. The van der Waals surface area contributed by atoms with E-state index in [9.17, 15) is 24.0 Å². The Bertz CT molecular complexity index is 1920. The van der Waals surface area contributed by atoms with E-state index < -0.39 is 23.1 Å². The first kappa shape index (κ1) is 79.9. The third kappa shape index (κ3) is 43.5. The van der Waals surface area contributed by atoms with Gasteiger partial charge in [-0.15, -0.1) is 0 Å². The lowest BCUT2D eigenvalue weighted by atomic mass is 9.98. The van der Waals surface area contributed by atoms with Crippen LogP contribution in [0, 0.1) is 0 Å². The van der Waals surface area contributed by atoms with Crippen molar-refractivity contribution in [1.29, 1.82) is 0 Å². The quantitative estimate of drug-likeness (QED) is 0.0300. The molecule has 1 fully saturated rings. The van der Waals surface area contributed by atoms with Gasteiger partial charge in [0.15, 0.2) is 5.79 Å². The fourth-order valence-electron chi connectivity index (χ4n) is 11.0. The molecular weight excluding hydrogens is 1110 g/mol. The van der Waals surface area contributed by atoms with Crippen LogP contribution in [0.25, 0.3) is 0 Å². The Morgan fingerprint density at radius 3 is 1.51 bits per heavy atom. The van der Waals surface area contributed by atoms with Crippen LogP contribution in [-0.2, 0) is 42.9 Å². The van der Waals surface area contributed by atoms with Gasteiger partial charge in [0, 0.05) is 77.0 Å². The van der Waals surface area contributed by atoms with Crippen LogP contribution in [-0.4, -0.2) is 135 Å². The number of carbonyl (C=O) groups excluding carboxylic acids is 5. The van der Waals surface area contributed by atoms with Crippen molar-refractivity contribution in [2.75, 3.05) is 66.6 Å². The molecule has 0 aromatic rings. The van der Waals surface area contributed by atoms with Gasteiger partial charge in [0.05, 0.1) is 43.2 Å². The highest BCUT2D eigenvalue weighted by molar-refractivity contribution is 6.12. The zero-order chi connectivity index (χ0) is 64.2. The number of likely N-dealkylation sites (N-methyl/N-ethyl adjacent to an activating group) is 1. The number of amides is 5. The predicted molar refractivity (Wildman–Crippen MR) is 361 cm³/mol. The van der Waals surface area contributed by atoms with Crippen molar-refractivity contribution in [3.05, 3.63) is 60.8 Å². The summed E-state index contributed by atoms with van der Waals surface area (Å²) in [6.45, 7) is 16.2. The lowest BCUT2D eigenvalue weighted by Crippen LogP contribution is -2.36.